The van der Waals surface area contributed by atoms with Gasteiger partial charge in [-0.05, 0) is 18.9 Å². The maximum absolute atomic E-state index is 11.5. The zero-order valence-electron chi connectivity index (χ0n) is 11.0. The molecule has 1 aliphatic rings. The second-order valence-electron chi connectivity index (χ2n) is 5.06. The van der Waals surface area contributed by atoms with Crippen LogP contribution in [0.5, 0.6) is 5.75 Å². The van der Waals surface area contributed by atoms with E-state index in [1.165, 1.54) is 6.07 Å². The summed E-state index contributed by atoms with van der Waals surface area (Å²) in [5, 5.41) is 24.5. The molecule has 1 aromatic rings. The van der Waals surface area contributed by atoms with Crippen LogP contribution in [-0.4, -0.2) is 19.9 Å². The van der Waals surface area contributed by atoms with Gasteiger partial charge in [0, 0.05) is 24.0 Å². The van der Waals surface area contributed by atoms with E-state index in [9.17, 15) is 18.5 Å². The molecular formula is C12H13N3O5S. The van der Waals surface area contributed by atoms with Crippen molar-refractivity contribution < 1.29 is 18.1 Å². The molecule has 1 saturated carbocycles. The predicted molar refractivity (Wildman–Crippen MR) is 71.9 cm³/mol. The monoisotopic (exact) mass is 311 g/mol. The molecule has 0 aliphatic heterocycles. The Morgan fingerprint density at radius 3 is 2.62 bits per heavy atom. The minimum atomic E-state index is -4.14. The molecule has 9 heteroatoms. The van der Waals surface area contributed by atoms with Gasteiger partial charge in [0.05, 0.1) is 17.6 Å². The smallest absolute Gasteiger partial charge is 0.271 e. The van der Waals surface area contributed by atoms with Crippen LogP contribution in [0.3, 0.4) is 0 Å². The molecule has 2 rings (SSSR count). The highest BCUT2D eigenvalue weighted by atomic mass is 32.2. The van der Waals surface area contributed by atoms with Crippen molar-refractivity contribution in [2.75, 3.05) is 6.61 Å². The molecule has 8 nitrogen and oxygen atoms in total. The van der Waals surface area contributed by atoms with Gasteiger partial charge in [0.15, 0.2) is 0 Å². The van der Waals surface area contributed by atoms with Gasteiger partial charge in [0.1, 0.15) is 10.6 Å². The normalized spacial score (nSPS) is 16.0. The second kappa shape index (κ2) is 5.31. The largest absolute Gasteiger partial charge is 0.492 e. The molecule has 1 aromatic carbocycles. The molecule has 2 N–H and O–H groups in total. The zero-order chi connectivity index (χ0) is 15.7. The van der Waals surface area contributed by atoms with Gasteiger partial charge in [0.25, 0.3) is 5.69 Å². The number of ether oxygens (including phenoxy) is 1. The fourth-order valence-electron chi connectivity index (χ4n) is 1.90. The fourth-order valence-corrected chi connectivity index (χ4v) is 2.59. The summed E-state index contributed by atoms with van der Waals surface area (Å²) >= 11 is 0. The van der Waals surface area contributed by atoms with Gasteiger partial charge in [-0.1, -0.05) is 0 Å². The minimum absolute atomic E-state index is 0.0349. The predicted octanol–water partition coefficient (Wildman–Crippen LogP) is 1.31. The Balaban J connectivity index is 2.27. The van der Waals surface area contributed by atoms with E-state index in [-0.39, 0.29) is 23.5 Å². The Morgan fingerprint density at radius 1 is 1.48 bits per heavy atom. The Labute approximate surface area is 121 Å². The van der Waals surface area contributed by atoms with Crippen molar-refractivity contribution in [1.82, 2.24) is 0 Å². The van der Waals surface area contributed by atoms with Crippen LogP contribution in [0.25, 0.3) is 0 Å². The minimum Gasteiger partial charge on any atom is -0.492 e. The van der Waals surface area contributed by atoms with E-state index in [0.717, 1.165) is 25.0 Å². The topological polar surface area (TPSA) is 136 Å². The SMILES string of the molecule is N#CCC1(COc2ccc([N+](=O)[O-])cc2S(N)(=O)=O)CC1. The third-order valence-corrected chi connectivity index (χ3v) is 4.32. The fraction of sp³-hybridized carbons (Fsp3) is 0.417. The van der Waals surface area contributed by atoms with Crippen LogP contribution in [0, 0.1) is 26.9 Å². The van der Waals surface area contributed by atoms with Crippen LogP contribution in [0.15, 0.2) is 23.1 Å². The molecule has 0 atom stereocenters. The summed E-state index contributed by atoms with van der Waals surface area (Å²) in [6, 6.07) is 5.29. The summed E-state index contributed by atoms with van der Waals surface area (Å²) in [6.07, 6.45) is 1.99. The van der Waals surface area contributed by atoms with Crippen LogP contribution < -0.4 is 9.88 Å². The third kappa shape index (κ3) is 3.48. The van der Waals surface area contributed by atoms with Crippen molar-refractivity contribution in [3.8, 4) is 11.8 Å². The van der Waals surface area contributed by atoms with Gasteiger partial charge >= 0.3 is 0 Å². The molecule has 1 aliphatic carbocycles. The average Bonchev–Trinajstić information content (AvgIpc) is 3.16. The van der Waals surface area contributed by atoms with Crippen LogP contribution in [0.2, 0.25) is 0 Å². The number of nitriles is 1. The molecule has 0 unspecified atom stereocenters. The maximum Gasteiger partial charge on any atom is 0.271 e. The summed E-state index contributed by atoms with van der Waals surface area (Å²) in [5.74, 6) is -0.0349. The quantitative estimate of drug-likeness (QED) is 0.621. The Bertz CT molecular complexity index is 719. The molecule has 0 aromatic heterocycles. The number of sulfonamides is 1. The Hall–Kier alpha value is -2.18. The molecule has 0 radical (unpaired) electrons. The molecule has 0 bridgehead atoms. The van der Waals surface area contributed by atoms with Gasteiger partial charge < -0.3 is 4.74 Å². The van der Waals surface area contributed by atoms with Gasteiger partial charge in [-0.15, -0.1) is 0 Å². The lowest BCUT2D eigenvalue weighted by Crippen LogP contribution is -2.17. The van der Waals surface area contributed by atoms with E-state index < -0.39 is 19.8 Å². The van der Waals surface area contributed by atoms with E-state index in [1.54, 1.807) is 0 Å². The van der Waals surface area contributed by atoms with Gasteiger partial charge in [0.2, 0.25) is 10.0 Å². The van der Waals surface area contributed by atoms with Crippen LogP contribution in [0.1, 0.15) is 19.3 Å². The molecule has 0 saturated heterocycles. The lowest BCUT2D eigenvalue weighted by atomic mass is 10.1. The standard InChI is InChI=1S/C12H13N3O5S/c13-6-5-12(3-4-12)8-20-10-2-1-9(15(16)17)7-11(10)21(14,18)19/h1-2,7H,3-5,8H2,(H2,14,18,19). The van der Waals surface area contributed by atoms with E-state index in [2.05, 4.69) is 6.07 Å². The van der Waals surface area contributed by atoms with Crippen molar-refractivity contribution in [3.05, 3.63) is 28.3 Å². The summed E-state index contributed by atoms with van der Waals surface area (Å²) in [4.78, 5) is 9.56. The third-order valence-electron chi connectivity index (χ3n) is 3.39. The molecule has 112 valence electrons. The van der Waals surface area contributed by atoms with E-state index in [1.807, 2.05) is 0 Å². The zero-order valence-corrected chi connectivity index (χ0v) is 11.8. The molecule has 21 heavy (non-hydrogen) atoms. The Morgan fingerprint density at radius 2 is 2.14 bits per heavy atom. The number of hydrogen-bond donors (Lipinski definition) is 1. The van der Waals surface area contributed by atoms with E-state index in [4.69, 9.17) is 15.1 Å². The first-order valence-electron chi connectivity index (χ1n) is 6.08. The molecular weight excluding hydrogens is 298 g/mol. The van der Waals surface area contributed by atoms with Crippen molar-refractivity contribution in [1.29, 1.82) is 5.26 Å². The maximum atomic E-state index is 11.5. The van der Waals surface area contributed by atoms with Gasteiger partial charge in [-0.25, -0.2) is 13.6 Å². The van der Waals surface area contributed by atoms with Gasteiger partial charge in [-0.3, -0.25) is 10.1 Å². The number of primary sulfonamides is 1. The second-order valence-corrected chi connectivity index (χ2v) is 6.59. The lowest BCUT2D eigenvalue weighted by molar-refractivity contribution is -0.385. The number of nitro benzene ring substituents is 1. The van der Waals surface area contributed by atoms with Crippen molar-refractivity contribution in [3.63, 3.8) is 0 Å². The van der Waals surface area contributed by atoms with E-state index in [0.29, 0.717) is 6.42 Å². The number of nitro groups is 1. The molecule has 0 amide bonds. The Kier molecular flexibility index (Phi) is 3.85. The van der Waals surface area contributed by atoms with E-state index >= 15 is 0 Å². The van der Waals surface area contributed by atoms with Crippen LogP contribution >= 0.6 is 0 Å². The van der Waals surface area contributed by atoms with Crippen molar-refractivity contribution in [2.45, 2.75) is 24.2 Å². The highest BCUT2D eigenvalue weighted by Gasteiger charge is 2.43. The summed E-state index contributed by atoms with van der Waals surface area (Å²) in [6.45, 7) is 0.181. The molecule has 1 fully saturated rings. The first kappa shape index (κ1) is 15.2. The average molecular weight is 311 g/mol. The summed E-state index contributed by atoms with van der Waals surface area (Å²) in [5.41, 5.74) is -0.629. The van der Waals surface area contributed by atoms with Crippen LogP contribution in [0.4, 0.5) is 5.69 Å². The van der Waals surface area contributed by atoms with Crippen molar-refractivity contribution >= 4 is 15.7 Å². The summed E-state index contributed by atoms with van der Waals surface area (Å²) in [7, 11) is -4.14. The number of benzene rings is 1. The highest BCUT2D eigenvalue weighted by Crippen LogP contribution is 2.49. The summed E-state index contributed by atoms with van der Waals surface area (Å²) < 4.78 is 28.5. The van der Waals surface area contributed by atoms with Crippen molar-refractivity contribution in [2.24, 2.45) is 10.6 Å². The first-order chi connectivity index (χ1) is 9.77. The molecule has 0 heterocycles. The number of non-ortho nitro benzene ring substituents is 1. The lowest BCUT2D eigenvalue weighted by Gasteiger charge is -2.14. The molecule has 0 spiro atoms. The number of rotatable bonds is 6. The highest BCUT2D eigenvalue weighted by molar-refractivity contribution is 7.89. The number of nitrogens with two attached hydrogens (primary N) is 1. The number of nitrogens with zero attached hydrogens (tertiary/aromatic N) is 2. The van der Waals surface area contributed by atoms with Crippen LogP contribution in [-0.2, 0) is 10.0 Å². The van der Waals surface area contributed by atoms with Gasteiger partial charge in [-0.2, -0.15) is 5.26 Å². The number of hydrogen-bond acceptors (Lipinski definition) is 6. The first-order valence-corrected chi connectivity index (χ1v) is 7.63.